The Hall–Kier alpha value is -1.48. The molecule has 0 saturated heterocycles. The fourth-order valence-corrected chi connectivity index (χ4v) is 1.95. The van der Waals surface area contributed by atoms with Crippen molar-refractivity contribution in [2.75, 3.05) is 5.73 Å². The average Bonchev–Trinajstić information content (AvgIpc) is 2.14. The quantitative estimate of drug-likeness (QED) is 0.784. The van der Waals surface area contributed by atoms with Gasteiger partial charge in [-0.15, -0.1) is 0 Å². The molecule has 1 rings (SSSR count). The molecule has 0 amide bonds. The predicted octanol–water partition coefficient (Wildman–Crippen LogP) is 1.57. The predicted molar refractivity (Wildman–Crippen MR) is 52.3 cm³/mol. The summed E-state index contributed by atoms with van der Waals surface area (Å²) in [6.07, 6.45) is 0. The molecule has 0 radical (unpaired) electrons. The Morgan fingerprint density at radius 2 is 1.93 bits per heavy atom. The Morgan fingerprint density at radius 3 is 2.33 bits per heavy atom. The first-order valence-corrected chi connectivity index (χ1v) is 5.23. The molecule has 0 fully saturated rings. The molecule has 1 aromatic rings. The molecule has 0 spiro atoms. The second-order valence-electron chi connectivity index (χ2n) is 2.88. The standard InChI is InChI=1S/C9H8F2N2OS/c1-5(4-12)15(14)9-7(10)2-6(13)3-8(9)11/h2-3,5H,13H2,1H3. The number of benzene rings is 1. The van der Waals surface area contributed by atoms with E-state index in [0.29, 0.717) is 0 Å². The summed E-state index contributed by atoms with van der Waals surface area (Å²) in [5.74, 6) is -1.99. The van der Waals surface area contributed by atoms with E-state index in [9.17, 15) is 13.0 Å². The van der Waals surface area contributed by atoms with E-state index >= 15 is 0 Å². The van der Waals surface area contributed by atoms with Gasteiger partial charge in [-0.1, -0.05) is 0 Å². The van der Waals surface area contributed by atoms with Gasteiger partial charge in [0.1, 0.15) is 21.8 Å². The van der Waals surface area contributed by atoms with Crippen molar-refractivity contribution in [1.82, 2.24) is 0 Å². The molecular weight excluding hydrogens is 222 g/mol. The largest absolute Gasteiger partial charge is 0.399 e. The van der Waals surface area contributed by atoms with E-state index in [-0.39, 0.29) is 5.69 Å². The third-order valence-corrected chi connectivity index (χ3v) is 3.26. The minimum atomic E-state index is -2.03. The van der Waals surface area contributed by atoms with Crippen molar-refractivity contribution in [2.24, 2.45) is 0 Å². The highest BCUT2D eigenvalue weighted by Gasteiger charge is 2.21. The lowest BCUT2D eigenvalue weighted by Gasteiger charge is -2.07. The zero-order valence-corrected chi connectivity index (χ0v) is 8.65. The van der Waals surface area contributed by atoms with Crippen LogP contribution in [0, 0.1) is 23.0 Å². The Kier molecular flexibility index (Phi) is 3.37. The number of nitriles is 1. The van der Waals surface area contributed by atoms with Gasteiger partial charge in [-0.25, -0.2) is 8.78 Å². The van der Waals surface area contributed by atoms with Gasteiger partial charge in [-0.05, 0) is 19.1 Å². The second-order valence-corrected chi connectivity index (χ2v) is 4.59. The Bertz CT molecular complexity index is 433. The molecule has 1 aromatic carbocycles. The van der Waals surface area contributed by atoms with Crippen LogP contribution in [0.15, 0.2) is 17.0 Å². The molecule has 3 nitrogen and oxygen atoms in total. The van der Waals surface area contributed by atoms with Crippen molar-refractivity contribution >= 4 is 16.5 Å². The zero-order valence-electron chi connectivity index (χ0n) is 7.83. The van der Waals surface area contributed by atoms with E-state index in [2.05, 4.69) is 0 Å². The Labute approximate surface area is 88.0 Å². The van der Waals surface area contributed by atoms with Gasteiger partial charge >= 0.3 is 0 Å². The zero-order chi connectivity index (χ0) is 11.6. The number of nitrogens with zero attached hydrogens (tertiary/aromatic N) is 1. The van der Waals surface area contributed by atoms with Crippen LogP contribution in [-0.2, 0) is 10.8 Å². The Morgan fingerprint density at radius 1 is 1.47 bits per heavy atom. The molecule has 0 bridgehead atoms. The molecule has 0 aliphatic heterocycles. The van der Waals surface area contributed by atoms with Crippen LogP contribution >= 0.6 is 0 Å². The van der Waals surface area contributed by atoms with Crippen LogP contribution in [0.25, 0.3) is 0 Å². The molecule has 0 aromatic heterocycles. The third kappa shape index (κ3) is 2.30. The molecule has 0 saturated carbocycles. The number of nitrogens with two attached hydrogens (primary N) is 1. The van der Waals surface area contributed by atoms with Gasteiger partial charge in [0.15, 0.2) is 0 Å². The van der Waals surface area contributed by atoms with Crippen molar-refractivity contribution in [3.63, 3.8) is 0 Å². The lowest BCUT2D eigenvalue weighted by Crippen LogP contribution is -2.12. The van der Waals surface area contributed by atoms with Gasteiger partial charge in [0.05, 0.1) is 16.9 Å². The molecule has 0 heterocycles. The van der Waals surface area contributed by atoms with E-state index in [1.165, 1.54) is 6.92 Å². The molecule has 6 heteroatoms. The van der Waals surface area contributed by atoms with Gasteiger partial charge in [0, 0.05) is 5.69 Å². The third-order valence-electron chi connectivity index (χ3n) is 1.72. The molecule has 0 aliphatic rings. The van der Waals surface area contributed by atoms with E-state index in [0.717, 1.165) is 12.1 Å². The van der Waals surface area contributed by atoms with E-state index in [1.807, 2.05) is 0 Å². The molecule has 2 unspecified atom stereocenters. The first kappa shape index (κ1) is 11.6. The highest BCUT2D eigenvalue weighted by molar-refractivity contribution is 7.86. The van der Waals surface area contributed by atoms with E-state index in [1.54, 1.807) is 6.07 Å². The molecular formula is C9H8F2N2OS. The first-order chi connectivity index (χ1) is 6.97. The number of halogens is 2. The summed E-state index contributed by atoms with van der Waals surface area (Å²) < 4.78 is 38.0. The SMILES string of the molecule is CC(C#N)S(=O)c1c(F)cc(N)cc1F. The van der Waals surface area contributed by atoms with Crippen molar-refractivity contribution in [2.45, 2.75) is 17.1 Å². The van der Waals surface area contributed by atoms with Crippen LogP contribution < -0.4 is 5.73 Å². The minimum absolute atomic E-state index is 0.0876. The fraction of sp³-hybridized carbons (Fsp3) is 0.222. The lowest BCUT2D eigenvalue weighted by atomic mass is 10.3. The van der Waals surface area contributed by atoms with Crippen LogP contribution in [0.5, 0.6) is 0 Å². The van der Waals surface area contributed by atoms with Gasteiger partial charge in [0.2, 0.25) is 0 Å². The average molecular weight is 230 g/mol. The maximum absolute atomic E-state index is 13.2. The minimum Gasteiger partial charge on any atom is -0.399 e. The summed E-state index contributed by atoms with van der Waals surface area (Å²) in [5, 5.41) is 7.52. The van der Waals surface area contributed by atoms with Gasteiger partial charge in [0.25, 0.3) is 0 Å². The molecule has 0 aliphatic carbocycles. The van der Waals surface area contributed by atoms with Crippen molar-refractivity contribution in [3.8, 4) is 6.07 Å². The molecule has 2 N–H and O–H groups in total. The molecule has 15 heavy (non-hydrogen) atoms. The smallest absolute Gasteiger partial charge is 0.144 e. The Balaban J connectivity index is 3.27. The fourth-order valence-electron chi connectivity index (χ4n) is 0.996. The number of hydrogen-bond donors (Lipinski definition) is 1. The highest BCUT2D eigenvalue weighted by Crippen LogP contribution is 2.22. The summed E-state index contributed by atoms with van der Waals surface area (Å²) in [7, 11) is -2.03. The number of nitrogen functional groups attached to an aromatic ring is 1. The molecule has 80 valence electrons. The van der Waals surface area contributed by atoms with Crippen LogP contribution in [0.4, 0.5) is 14.5 Å². The highest BCUT2D eigenvalue weighted by atomic mass is 32.2. The van der Waals surface area contributed by atoms with Gasteiger partial charge in [-0.2, -0.15) is 5.26 Å². The van der Waals surface area contributed by atoms with Crippen LogP contribution in [0.2, 0.25) is 0 Å². The maximum atomic E-state index is 13.2. The van der Waals surface area contributed by atoms with Crippen LogP contribution in [-0.4, -0.2) is 9.46 Å². The van der Waals surface area contributed by atoms with Crippen LogP contribution in [0.3, 0.4) is 0 Å². The van der Waals surface area contributed by atoms with E-state index in [4.69, 9.17) is 11.0 Å². The summed E-state index contributed by atoms with van der Waals surface area (Å²) in [6, 6.07) is 3.42. The van der Waals surface area contributed by atoms with Gasteiger partial charge < -0.3 is 5.73 Å². The van der Waals surface area contributed by atoms with E-state index < -0.39 is 32.6 Å². The number of anilines is 1. The summed E-state index contributed by atoms with van der Waals surface area (Å²) >= 11 is 0. The summed E-state index contributed by atoms with van der Waals surface area (Å²) in [5.41, 5.74) is 5.11. The number of hydrogen-bond acceptors (Lipinski definition) is 3. The van der Waals surface area contributed by atoms with Crippen molar-refractivity contribution < 1.29 is 13.0 Å². The number of rotatable bonds is 2. The van der Waals surface area contributed by atoms with Gasteiger partial charge in [-0.3, -0.25) is 4.21 Å². The maximum Gasteiger partial charge on any atom is 0.144 e. The van der Waals surface area contributed by atoms with Crippen LogP contribution in [0.1, 0.15) is 6.92 Å². The van der Waals surface area contributed by atoms with Crippen molar-refractivity contribution in [1.29, 1.82) is 5.26 Å². The lowest BCUT2D eigenvalue weighted by molar-refractivity contribution is 0.535. The second kappa shape index (κ2) is 4.36. The first-order valence-electron chi connectivity index (χ1n) is 4.02. The van der Waals surface area contributed by atoms with Crippen molar-refractivity contribution in [3.05, 3.63) is 23.8 Å². The normalized spacial score (nSPS) is 14.3. The molecule has 2 atom stereocenters. The summed E-state index contributed by atoms with van der Waals surface area (Å²) in [4.78, 5) is -0.599. The monoisotopic (exact) mass is 230 g/mol. The summed E-state index contributed by atoms with van der Waals surface area (Å²) in [6.45, 7) is 1.32. The topological polar surface area (TPSA) is 66.9 Å².